The van der Waals surface area contributed by atoms with E-state index in [1.54, 1.807) is 0 Å². The Morgan fingerprint density at radius 2 is 2.07 bits per heavy atom. The van der Waals surface area contributed by atoms with Crippen LogP contribution in [0.4, 0.5) is 5.69 Å². The Kier molecular flexibility index (Phi) is 1.96. The first kappa shape index (κ1) is 9.32. The van der Waals surface area contributed by atoms with Crippen LogP contribution in [0.25, 0.3) is 0 Å². The molecule has 0 saturated carbocycles. The van der Waals surface area contributed by atoms with Gasteiger partial charge in [-0.25, -0.2) is 4.79 Å². The average molecular weight is 207 g/mol. The second-order valence-electron chi connectivity index (χ2n) is 3.01. The molecule has 76 valence electrons. The quantitative estimate of drug-likeness (QED) is 0.294. The zero-order valence-electron chi connectivity index (χ0n) is 7.43. The second-order valence-corrected chi connectivity index (χ2v) is 3.01. The maximum Gasteiger partial charge on any atom is 0.353 e. The fourth-order valence-corrected chi connectivity index (χ4v) is 1.47. The first-order valence-corrected chi connectivity index (χ1v) is 4.11. The predicted octanol–water partition coefficient (Wildman–Crippen LogP) is 0.834. The van der Waals surface area contributed by atoms with Gasteiger partial charge >= 0.3 is 11.9 Å². The molecule has 1 aromatic carbocycles. The van der Waals surface area contributed by atoms with Gasteiger partial charge in [-0.1, -0.05) is 12.1 Å². The topological polar surface area (TPSA) is 86.5 Å². The van der Waals surface area contributed by atoms with Crippen LogP contribution >= 0.6 is 0 Å². The molecule has 1 aromatic rings. The van der Waals surface area contributed by atoms with Crippen molar-refractivity contribution < 1.29 is 19.2 Å². The molecule has 0 saturated heterocycles. The summed E-state index contributed by atoms with van der Waals surface area (Å²) in [5.41, 5.74) is -0.113. The Morgan fingerprint density at radius 3 is 2.73 bits per heavy atom. The third kappa shape index (κ3) is 1.45. The summed E-state index contributed by atoms with van der Waals surface area (Å²) < 4.78 is 4.32. The van der Waals surface area contributed by atoms with E-state index < -0.39 is 16.9 Å². The van der Waals surface area contributed by atoms with Crippen molar-refractivity contribution >= 4 is 17.6 Å². The number of nitrogens with zero attached hydrogens (tertiary/aromatic N) is 1. The first-order chi connectivity index (χ1) is 7.09. The van der Waals surface area contributed by atoms with Crippen LogP contribution in [0.5, 0.6) is 0 Å². The van der Waals surface area contributed by atoms with Gasteiger partial charge in [0, 0.05) is 6.07 Å². The summed E-state index contributed by atoms with van der Waals surface area (Å²) in [6, 6.07) is 4.14. The van der Waals surface area contributed by atoms with Crippen molar-refractivity contribution in [3.63, 3.8) is 0 Å². The maximum absolute atomic E-state index is 11.3. The van der Waals surface area contributed by atoms with E-state index in [0.717, 1.165) is 0 Å². The summed E-state index contributed by atoms with van der Waals surface area (Å²) in [6.07, 6.45) is -0.108. The molecule has 15 heavy (non-hydrogen) atoms. The number of hydrogen-bond acceptors (Lipinski definition) is 5. The number of fused-ring (bicyclic) bond motifs is 1. The van der Waals surface area contributed by atoms with Gasteiger partial charge in [-0.3, -0.25) is 14.9 Å². The summed E-state index contributed by atoms with van der Waals surface area (Å²) in [5, 5.41) is 10.6. The fraction of sp³-hybridized carbons (Fsp3) is 0.111. The summed E-state index contributed by atoms with van der Waals surface area (Å²) in [5.74, 6) is -1.64. The van der Waals surface area contributed by atoms with Crippen molar-refractivity contribution in [2.24, 2.45) is 0 Å². The van der Waals surface area contributed by atoms with Gasteiger partial charge in [0.15, 0.2) is 0 Å². The number of ether oxygens (including phenoxy) is 1. The van der Waals surface area contributed by atoms with Gasteiger partial charge in [0.1, 0.15) is 5.56 Å². The second kappa shape index (κ2) is 3.16. The van der Waals surface area contributed by atoms with Crippen LogP contribution in [0.15, 0.2) is 18.2 Å². The van der Waals surface area contributed by atoms with Crippen molar-refractivity contribution in [3.05, 3.63) is 39.4 Å². The number of cyclic esters (lactones) is 2. The number of nitro groups is 1. The van der Waals surface area contributed by atoms with E-state index in [4.69, 9.17) is 0 Å². The van der Waals surface area contributed by atoms with Gasteiger partial charge in [-0.2, -0.15) is 0 Å². The third-order valence-electron chi connectivity index (χ3n) is 2.07. The number of rotatable bonds is 1. The van der Waals surface area contributed by atoms with Crippen molar-refractivity contribution in [2.45, 2.75) is 6.42 Å². The third-order valence-corrected chi connectivity index (χ3v) is 2.07. The number of nitro benzene ring substituents is 1. The van der Waals surface area contributed by atoms with Crippen molar-refractivity contribution in [3.8, 4) is 0 Å². The lowest BCUT2D eigenvalue weighted by Crippen LogP contribution is -2.23. The molecule has 0 N–H and O–H groups in total. The molecule has 0 bridgehead atoms. The van der Waals surface area contributed by atoms with Gasteiger partial charge in [0.25, 0.3) is 5.69 Å². The number of hydrogen-bond donors (Lipinski definition) is 0. The fourth-order valence-electron chi connectivity index (χ4n) is 1.47. The Labute approximate surface area is 83.6 Å². The molecule has 0 fully saturated rings. The highest BCUT2D eigenvalue weighted by molar-refractivity contribution is 6.05. The SMILES string of the molecule is O=C1Cc2cccc([N+](=O)[O-])c2C(=O)O1. The predicted molar refractivity (Wildman–Crippen MR) is 47.2 cm³/mol. The van der Waals surface area contributed by atoms with Crippen LogP contribution in [0, 0.1) is 10.1 Å². The van der Waals surface area contributed by atoms with Gasteiger partial charge in [0.2, 0.25) is 0 Å². The molecule has 1 heterocycles. The summed E-state index contributed by atoms with van der Waals surface area (Å²) in [7, 11) is 0. The highest BCUT2D eigenvalue weighted by Gasteiger charge is 2.31. The summed E-state index contributed by atoms with van der Waals surface area (Å²) in [6.45, 7) is 0. The van der Waals surface area contributed by atoms with E-state index in [-0.39, 0.29) is 17.7 Å². The van der Waals surface area contributed by atoms with Gasteiger partial charge in [-0.15, -0.1) is 0 Å². The Bertz CT molecular complexity index is 479. The lowest BCUT2D eigenvalue weighted by molar-refractivity contribution is -0.385. The molecule has 0 radical (unpaired) electrons. The molecule has 0 aliphatic carbocycles. The van der Waals surface area contributed by atoms with Crippen LogP contribution in [0.2, 0.25) is 0 Å². The van der Waals surface area contributed by atoms with Crippen molar-refractivity contribution in [1.82, 2.24) is 0 Å². The largest absolute Gasteiger partial charge is 0.389 e. The molecule has 1 aliphatic rings. The molecule has 2 rings (SSSR count). The minimum atomic E-state index is -0.950. The normalized spacial score (nSPS) is 14.4. The van der Waals surface area contributed by atoms with Crippen LogP contribution < -0.4 is 0 Å². The van der Waals surface area contributed by atoms with Gasteiger partial charge in [0.05, 0.1) is 11.3 Å². The lowest BCUT2D eigenvalue weighted by atomic mass is 10.0. The van der Waals surface area contributed by atoms with Gasteiger partial charge < -0.3 is 4.74 Å². The average Bonchev–Trinajstić information content (AvgIpc) is 2.16. The number of carbonyl (C=O) groups is 2. The van der Waals surface area contributed by atoms with Crippen molar-refractivity contribution in [2.75, 3.05) is 0 Å². The molecule has 6 nitrogen and oxygen atoms in total. The number of carbonyl (C=O) groups excluding carboxylic acids is 2. The van der Waals surface area contributed by atoms with E-state index in [0.29, 0.717) is 5.56 Å². The standard InChI is InChI=1S/C9H5NO5/c11-7-4-5-2-1-3-6(10(13)14)8(5)9(12)15-7/h1-3H,4H2. The van der Waals surface area contributed by atoms with E-state index in [9.17, 15) is 19.7 Å². The number of esters is 2. The monoisotopic (exact) mass is 207 g/mol. The molecule has 0 aromatic heterocycles. The molecule has 0 unspecified atom stereocenters. The summed E-state index contributed by atoms with van der Waals surface area (Å²) in [4.78, 5) is 32.1. The van der Waals surface area contributed by atoms with E-state index in [1.165, 1.54) is 18.2 Å². The van der Waals surface area contributed by atoms with Crippen LogP contribution in [0.3, 0.4) is 0 Å². The van der Waals surface area contributed by atoms with Crippen LogP contribution in [-0.2, 0) is 16.0 Å². The summed E-state index contributed by atoms with van der Waals surface area (Å²) >= 11 is 0. The molecule has 6 heteroatoms. The molecule has 0 atom stereocenters. The Balaban J connectivity index is 2.64. The Hall–Kier alpha value is -2.24. The minimum absolute atomic E-state index is 0.108. The zero-order chi connectivity index (χ0) is 11.0. The lowest BCUT2D eigenvalue weighted by Gasteiger charge is -2.13. The molecular weight excluding hydrogens is 202 g/mol. The highest BCUT2D eigenvalue weighted by Crippen LogP contribution is 2.26. The molecule has 1 aliphatic heterocycles. The number of benzene rings is 1. The van der Waals surface area contributed by atoms with E-state index in [1.807, 2.05) is 0 Å². The van der Waals surface area contributed by atoms with Crippen molar-refractivity contribution in [1.29, 1.82) is 0 Å². The van der Waals surface area contributed by atoms with Crippen LogP contribution in [-0.4, -0.2) is 16.9 Å². The molecule has 0 amide bonds. The smallest absolute Gasteiger partial charge is 0.353 e. The van der Waals surface area contributed by atoms with E-state index in [2.05, 4.69) is 4.74 Å². The minimum Gasteiger partial charge on any atom is -0.389 e. The highest BCUT2D eigenvalue weighted by atomic mass is 16.6. The molecular formula is C9H5NO5. The molecule has 0 spiro atoms. The Morgan fingerprint density at radius 1 is 1.33 bits per heavy atom. The zero-order valence-corrected chi connectivity index (χ0v) is 7.43. The van der Waals surface area contributed by atoms with E-state index >= 15 is 0 Å². The van der Waals surface area contributed by atoms with Crippen LogP contribution in [0.1, 0.15) is 15.9 Å². The first-order valence-electron chi connectivity index (χ1n) is 4.11. The van der Waals surface area contributed by atoms with Gasteiger partial charge in [-0.05, 0) is 5.56 Å². The maximum atomic E-state index is 11.3.